The molecule has 2 heterocycles. The maximum Gasteiger partial charge on any atom is 0.235 e. The summed E-state index contributed by atoms with van der Waals surface area (Å²) in [5, 5.41) is 3.03. The second-order valence-electron chi connectivity index (χ2n) is 6.78. The van der Waals surface area contributed by atoms with Gasteiger partial charge in [0.2, 0.25) is 5.91 Å². The summed E-state index contributed by atoms with van der Waals surface area (Å²) in [5.41, 5.74) is 4.35. The van der Waals surface area contributed by atoms with Gasteiger partial charge in [0.05, 0.1) is 12.5 Å². The van der Waals surface area contributed by atoms with Crippen LogP contribution in [0.4, 0.5) is 5.69 Å². The van der Waals surface area contributed by atoms with Gasteiger partial charge in [0.25, 0.3) is 0 Å². The Morgan fingerprint density at radius 3 is 2.69 bits per heavy atom. The quantitative estimate of drug-likeness (QED) is 0.771. The van der Waals surface area contributed by atoms with Crippen molar-refractivity contribution in [2.75, 3.05) is 12.4 Å². The summed E-state index contributed by atoms with van der Waals surface area (Å²) in [6.07, 6.45) is 4.17. The van der Waals surface area contributed by atoms with Gasteiger partial charge in [-0.25, -0.2) is 0 Å². The summed E-state index contributed by atoms with van der Waals surface area (Å²) < 4.78 is 5.48. The maximum atomic E-state index is 12.8. The lowest BCUT2D eigenvalue weighted by Crippen LogP contribution is -2.33. The van der Waals surface area contributed by atoms with Gasteiger partial charge >= 0.3 is 0 Å². The number of ether oxygens (including phenoxy) is 1. The van der Waals surface area contributed by atoms with Crippen LogP contribution in [-0.2, 0) is 16.6 Å². The zero-order valence-corrected chi connectivity index (χ0v) is 14.8. The van der Waals surface area contributed by atoms with E-state index in [-0.39, 0.29) is 5.91 Å². The molecular formula is C22H20N2O2. The average Bonchev–Trinajstić information content (AvgIpc) is 2.93. The summed E-state index contributed by atoms with van der Waals surface area (Å²) in [4.78, 5) is 17.0. The SMILES string of the molecule is COc1ccccc1CC1(C)C(=O)Nc2ccc(-c3cccnc3)cc21. The first-order valence-corrected chi connectivity index (χ1v) is 8.60. The number of para-hydroxylation sites is 1. The van der Waals surface area contributed by atoms with E-state index in [1.807, 2.05) is 61.7 Å². The van der Waals surface area contributed by atoms with E-state index in [9.17, 15) is 4.79 Å². The molecule has 4 rings (SSSR count). The topological polar surface area (TPSA) is 51.2 Å². The molecule has 0 spiro atoms. The highest BCUT2D eigenvalue weighted by molar-refractivity contribution is 6.06. The number of amides is 1. The van der Waals surface area contributed by atoms with Crippen molar-refractivity contribution < 1.29 is 9.53 Å². The Morgan fingerprint density at radius 1 is 1.08 bits per heavy atom. The number of fused-ring (bicyclic) bond motifs is 1. The van der Waals surface area contributed by atoms with Crippen molar-refractivity contribution in [2.24, 2.45) is 0 Å². The van der Waals surface area contributed by atoms with Crippen LogP contribution in [0, 0.1) is 0 Å². The number of benzene rings is 2. The van der Waals surface area contributed by atoms with E-state index >= 15 is 0 Å². The van der Waals surface area contributed by atoms with Crippen LogP contribution in [0.25, 0.3) is 11.1 Å². The molecule has 1 unspecified atom stereocenters. The highest BCUT2D eigenvalue weighted by atomic mass is 16.5. The van der Waals surface area contributed by atoms with Gasteiger partial charge < -0.3 is 10.1 Å². The summed E-state index contributed by atoms with van der Waals surface area (Å²) in [5.74, 6) is 0.820. The van der Waals surface area contributed by atoms with E-state index in [0.717, 1.165) is 33.7 Å². The van der Waals surface area contributed by atoms with Gasteiger partial charge in [-0.15, -0.1) is 0 Å². The minimum absolute atomic E-state index is 0.0155. The molecule has 0 fully saturated rings. The molecule has 130 valence electrons. The number of rotatable bonds is 4. The van der Waals surface area contributed by atoms with Crippen LogP contribution in [-0.4, -0.2) is 18.0 Å². The van der Waals surface area contributed by atoms with Crippen LogP contribution in [0.3, 0.4) is 0 Å². The minimum Gasteiger partial charge on any atom is -0.496 e. The molecule has 1 aromatic heterocycles. The van der Waals surface area contributed by atoms with Crippen molar-refractivity contribution in [1.29, 1.82) is 0 Å². The Bertz CT molecular complexity index is 969. The van der Waals surface area contributed by atoms with Gasteiger partial charge in [0.15, 0.2) is 0 Å². The molecule has 0 radical (unpaired) electrons. The molecule has 3 aromatic rings. The molecule has 0 saturated carbocycles. The number of carbonyl (C=O) groups is 1. The third-order valence-corrected chi connectivity index (χ3v) is 5.09. The van der Waals surface area contributed by atoms with Gasteiger partial charge in [-0.3, -0.25) is 9.78 Å². The summed E-state index contributed by atoms with van der Waals surface area (Å²) >= 11 is 0. The molecule has 1 amide bonds. The van der Waals surface area contributed by atoms with Crippen molar-refractivity contribution in [3.8, 4) is 16.9 Å². The maximum absolute atomic E-state index is 12.8. The lowest BCUT2D eigenvalue weighted by Gasteiger charge is -2.24. The fourth-order valence-corrected chi connectivity index (χ4v) is 3.61. The standard InChI is InChI=1S/C22H20N2O2/c1-22(13-16-6-3-4-8-20(16)26-2)18-12-15(17-7-5-11-23-14-17)9-10-19(18)24-21(22)25/h3-12,14H,13H2,1-2H3,(H,24,25). The number of hydrogen-bond acceptors (Lipinski definition) is 3. The Balaban J connectivity index is 1.78. The molecule has 0 aliphatic carbocycles. The van der Waals surface area contributed by atoms with Crippen molar-refractivity contribution in [3.63, 3.8) is 0 Å². The van der Waals surface area contributed by atoms with Crippen molar-refractivity contribution in [2.45, 2.75) is 18.8 Å². The van der Waals surface area contributed by atoms with E-state index in [0.29, 0.717) is 6.42 Å². The van der Waals surface area contributed by atoms with Gasteiger partial charge in [0.1, 0.15) is 5.75 Å². The first kappa shape index (κ1) is 16.3. The van der Waals surface area contributed by atoms with Crippen molar-refractivity contribution in [1.82, 2.24) is 4.98 Å². The first-order valence-electron chi connectivity index (χ1n) is 8.60. The van der Waals surface area contributed by atoms with Crippen LogP contribution in [0.1, 0.15) is 18.1 Å². The summed E-state index contributed by atoms with van der Waals surface area (Å²) in [7, 11) is 1.66. The molecule has 4 nitrogen and oxygen atoms in total. The van der Waals surface area contributed by atoms with Crippen LogP contribution in [0.5, 0.6) is 5.75 Å². The zero-order chi connectivity index (χ0) is 18.1. The van der Waals surface area contributed by atoms with Crippen LogP contribution < -0.4 is 10.1 Å². The Kier molecular flexibility index (Phi) is 3.96. The van der Waals surface area contributed by atoms with E-state index in [1.165, 1.54) is 0 Å². The predicted octanol–water partition coefficient (Wildman–Crippen LogP) is 4.21. The first-order chi connectivity index (χ1) is 12.6. The highest BCUT2D eigenvalue weighted by Crippen LogP contribution is 2.43. The zero-order valence-electron chi connectivity index (χ0n) is 14.8. The number of nitrogens with one attached hydrogen (secondary N) is 1. The summed E-state index contributed by atoms with van der Waals surface area (Å²) in [6, 6.07) is 17.9. The predicted molar refractivity (Wildman–Crippen MR) is 102 cm³/mol. The molecular weight excluding hydrogens is 324 g/mol. The summed E-state index contributed by atoms with van der Waals surface area (Å²) in [6.45, 7) is 1.99. The third-order valence-electron chi connectivity index (χ3n) is 5.09. The Labute approximate surface area is 152 Å². The second kappa shape index (κ2) is 6.30. The molecule has 0 bridgehead atoms. The van der Waals surface area contributed by atoms with Gasteiger partial charge in [-0.1, -0.05) is 30.3 Å². The molecule has 1 atom stereocenters. The monoisotopic (exact) mass is 344 g/mol. The smallest absolute Gasteiger partial charge is 0.235 e. The van der Waals surface area contributed by atoms with E-state index in [2.05, 4.69) is 16.4 Å². The van der Waals surface area contributed by atoms with Crippen LogP contribution in [0.15, 0.2) is 67.0 Å². The number of pyridine rings is 1. The van der Waals surface area contributed by atoms with E-state index in [4.69, 9.17) is 4.74 Å². The Morgan fingerprint density at radius 2 is 1.92 bits per heavy atom. The highest BCUT2D eigenvalue weighted by Gasteiger charge is 2.43. The largest absolute Gasteiger partial charge is 0.496 e. The van der Waals surface area contributed by atoms with Crippen LogP contribution in [0.2, 0.25) is 0 Å². The number of anilines is 1. The van der Waals surface area contributed by atoms with E-state index in [1.54, 1.807) is 13.3 Å². The average molecular weight is 344 g/mol. The molecule has 1 aliphatic heterocycles. The van der Waals surface area contributed by atoms with Gasteiger partial charge in [-0.2, -0.15) is 0 Å². The molecule has 0 saturated heterocycles. The van der Waals surface area contributed by atoms with Crippen LogP contribution >= 0.6 is 0 Å². The third kappa shape index (κ3) is 2.64. The van der Waals surface area contributed by atoms with E-state index < -0.39 is 5.41 Å². The number of nitrogens with zero attached hydrogens (tertiary/aromatic N) is 1. The lowest BCUT2D eigenvalue weighted by molar-refractivity contribution is -0.120. The van der Waals surface area contributed by atoms with Gasteiger partial charge in [0, 0.05) is 18.1 Å². The second-order valence-corrected chi connectivity index (χ2v) is 6.78. The number of carbonyl (C=O) groups excluding carboxylic acids is 1. The minimum atomic E-state index is -0.651. The number of aromatic nitrogens is 1. The normalized spacial score (nSPS) is 18.3. The Hall–Kier alpha value is -3.14. The molecule has 26 heavy (non-hydrogen) atoms. The number of hydrogen-bond donors (Lipinski definition) is 1. The van der Waals surface area contributed by atoms with Crippen molar-refractivity contribution >= 4 is 11.6 Å². The number of methoxy groups -OCH3 is 1. The lowest BCUT2D eigenvalue weighted by atomic mass is 9.77. The fourth-order valence-electron chi connectivity index (χ4n) is 3.61. The molecule has 4 heteroatoms. The van der Waals surface area contributed by atoms with Gasteiger partial charge in [-0.05, 0) is 59.9 Å². The van der Waals surface area contributed by atoms with Crippen molar-refractivity contribution in [3.05, 3.63) is 78.1 Å². The molecule has 1 N–H and O–H groups in total. The molecule has 2 aromatic carbocycles. The molecule has 1 aliphatic rings. The fraction of sp³-hybridized carbons (Fsp3) is 0.182.